The Morgan fingerprint density at radius 3 is 2.83 bits per heavy atom. The zero-order chi connectivity index (χ0) is 20.2. The Bertz CT molecular complexity index is 757. The minimum absolute atomic E-state index is 0. The van der Waals surface area contributed by atoms with Crippen LogP contribution in [0.5, 0.6) is 0 Å². The Kier molecular flexibility index (Phi) is 12.0. The molecule has 29 heavy (non-hydrogen) atoms. The third kappa shape index (κ3) is 8.43. The summed E-state index contributed by atoms with van der Waals surface area (Å²) in [6.45, 7) is 14.9. The molecule has 2 rings (SSSR count). The molecule has 0 radical (unpaired) electrons. The van der Waals surface area contributed by atoms with Crippen LogP contribution >= 0.6 is 24.0 Å². The van der Waals surface area contributed by atoms with Crippen LogP contribution < -0.4 is 15.5 Å². The second kappa shape index (κ2) is 14.0. The van der Waals surface area contributed by atoms with Crippen molar-refractivity contribution in [1.29, 1.82) is 0 Å². The van der Waals surface area contributed by atoms with Gasteiger partial charge in [0.1, 0.15) is 12.2 Å². The fourth-order valence-electron chi connectivity index (χ4n) is 2.95. The van der Waals surface area contributed by atoms with E-state index in [9.17, 15) is 0 Å². The maximum absolute atomic E-state index is 4.72. The molecular weight excluding hydrogens is 477 g/mol. The first kappa shape index (κ1) is 24.9. The molecule has 1 aromatic heterocycles. The third-order valence-electron chi connectivity index (χ3n) is 4.46. The van der Waals surface area contributed by atoms with Crippen molar-refractivity contribution in [3.8, 4) is 0 Å². The average molecular weight is 511 g/mol. The molecule has 1 heterocycles. The van der Waals surface area contributed by atoms with Gasteiger partial charge in [0.25, 0.3) is 0 Å². The van der Waals surface area contributed by atoms with Gasteiger partial charge in [-0.2, -0.15) is 0 Å². The van der Waals surface area contributed by atoms with Crippen molar-refractivity contribution in [1.82, 2.24) is 25.4 Å². The van der Waals surface area contributed by atoms with E-state index in [0.717, 1.165) is 44.4 Å². The van der Waals surface area contributed by atoms with Gasteiger partial charge in [-0.15, -0.1) is 40.8 Å². The number of aliphatic imine (C=N–C) groups is 1. The summed E-state index contributed by atoms with van der Waals surface area (Å²) in [5.41, 5.74) is 2.51. The maximum atomic E-state index is 4.72. The van der Waals surface area contributed by atoms with E-state index in [1.54, 1.807) is 6.33 Å². The van der Waals surface area contributed by atoms with Crippen molar-refractivity contribution in [2.24, 2.45) is 4.99 Å². The van der Waals surface area contributed by atoms with Crippen LogP contribution in [0, 0.1) is 6.92 Å². The molecule has 8 heteroatoms. The lowest BCUT2D eigenvalue weighted by Crippen LogP contribution is -2.39. The van der Waals surface area contributed by atoms with Crippen LogP contribution in [0.1, 0.15) is 25.2 Å². The first-order valence-electron chi connectivity index (χ1n) is 9.99. The van der Waals surface area contributed by atoms with E-state index in [4.69, 9.17) is 4.99 Å². The Morgan fingerprint density at radius 2 is 2.14 bits per heavy atom. The third-order valence-corrected chi connectivity index (χ3v) is 4.46. The number of guanidine groups is 1. The minimum Gasteiger partial charge on any atom is -0.370 e. The van der Waals surface area contributed by atoms with Crippen LogP contribution in [-0.4, -0.2) is 53.4 Å². The number of hydrogen-bond donors (Lipinski definition) is 2. The standard InChI is InChI=1S/C21H33N7.HI/c1-5-11-22-21(24-13-15-28-17-25-26-20(28)6-2)23-12-14-27(7-3)19-10-8-9-18(4)16-19;/h5,8-10,16-17H,1,6-7,11-15H2,2-4H3,(H2,22,23,24);1H. The van der Waals surface area contributed by atoms with Crippen LogP contribution in [0.25, 0.3) is 0 Å². The molecule has 0 aliphatic rings. The normalized spacial score (nSPS) is 10.9. The zero-order valence-corrected chi connectivity index (χ0v) is 20.1. The van der Waals surface area contributed by atoms with Gasteiger partial charge in [-0.25, -0.2) is 0 Å². The number of anilines is 1. The highest BCUT2D eigenvalue weighted by atomic mass is 127. The molecule has 0 saturated heterocycles. The molecule has 0 fully saturated rings. The van der Waals surface area contributed by atoms with Gasteiger partial charge in [0, 0.05) is 44.8 Å². The summed E-state index contributed by atoms with van der Waals surface area (Å²) in [6.07, 6.45) is 4.48. The van der Waals surface area contributed by atoms with E-state index in [1.807, 2.05) is 6.08 Å². The Hall–Kier alpha value is -2.10. The summed E-state index contributed by atoms with van der Waals surface area (Å²) >= 11 is 0. The number of nitrogens with one attached hydrogen (secondary N) is 2. The van der Waals surface area contributed by atoms with Crippen LogP contribution in [0.4, 0.5) is 5.69 Å². The number of likely N-dealkylation sites (N-methyl/N-ethyl adjacent to an activating group) is 1. The van der Waals surface area contributed by atoms with Gasteiger partial charge in [-0.05, 0) is 31.5 Å². The van der Waals surface area contributed by atoms with E-state index in [1.165, 1.54) is 11.3 Å². The lowest BCUT2D eigenvalue weighted by Gasteiger charge is -2.23. The predicted molar refractivity (Wildman–Crippen MR) is 132 cm³/mol. The number of benzene rings is 1. The molecule has 0 amide bonds. The second-order valence-electron chi connectivity index (χ2n) is 6.54. The van der Waals surface area contributed by atoms with E-state index in [2.05, 4.69) is 81.9 Å². The molecule has 0 atom stereocenters. The first-order chi connectivity index (χ1) is 13.7. The quantitative estimate of drug-likeness (QED) is 0.210. The van der Waals surface area contributed by atoms with Crippen molar-refractivity contribution >= 4 is 35.6 Å². The highest BCUT2D eigenvalue weighted by Gasteiger charge is 2.05. The Balaban J connectivity index is 0.00000420. The number of hydrogen-bond acceptors (Lipinski definition) is 4. The fourth-order valence-corrected chi connectivity index (χ4v) is 2.95. The van der Waals surface area contributed by atoms with Gasteiger partial charge in [0.05, 0.1) is 6.54 Å². The van der Waals surface area contributed by atoms with Crippen molar-refractivity contribution < 1.29 is 0 Å². The van der Waals surface area contributed by atoms with Crippen LogP contribution in [0.2, 0.25) is 0 Å². The summed E-state index contributed by atoms with van der Waals surface area (Å²) < 4.78 is 2.06. The van der Waals surface area contributed by atoms with Crippen LogP contribution in [-0.2, 0) is 13.0 Å². The lowest BCUT2D eigenvalue weighted by atomic mass is 10.2. The summed E-state index contributed by atoms with van der Waals surface area (Å²) in [4.78, 5) is 7.06. The number of halogens is 1. The largest absolute Gasteiger partial charge is 0.370 e. The van der Waals surface area contributed by atoms with E-state index >= 15 is 0 Å². The Labute approximate surface area is 191 Å². The molecule has 2 N–H and O–H groups in total. The molecule has 1 aromatic carbocycles. The van der Waals surface area contributed by atoms with Crippen LogP contribution in [0.15, 0.2) is 48.2 Å². The summed E-state index contributed by atoms with van der Waals surface area (Å²) in [5, 5.41) is 14.8. The SMILES string of the molecule is C=CCNC(=NCCN(CC)c1cccc(C)c1)NCCn1cnnc1CC.I. The molecule has 0 aliphatic carbocycles. The van der Waals surface area contributed by atoms with Gasteiger partial charge in [-0.1, -0.05) is 25.1 Å². The molecule has 160 valence electrons. The molecular formula is C21H34IN7. The lowest BCUT2D eigenvalue weighted by molar-refractivity contribution is 0.633. The van der Waals surface area contributed by atoms with Crippen molar-refractivity contribution in [3.05, 3.63) is 54.6 Å². The first-order valence-corrected chi connectivity index (χ1v) is 9.99. The van der Waals surface area contributed by atoms with Crippen molar-refractivity contribution in [2.45, 2.75) is 33.7 Å². The minimum atomic E-state index is 0. The van der Waals surface area contributed by atoms with E-state index in [0.29, 0.717) is 13.1 Å². The van der Waals surface area contributed by atoms with Gasteiger partial charge in [0.15, 0.2) is 5.96 Å². The Morgan fingerprint density at radius 1 is 1.31 bits per heavy atom. The number of aromatic nitrogens is 3. The molecule has 0 bridgehead atoms. The van der Waals surface area contributed by atoms with Crippen molar-refractivity contribution in [2.75, 3.05) is 37.6 Å². The monoisotopic (exact) mass is 511 g/mol. The number of nitrogens with zero attached hydrogens (tertiary/aromatic N) is 5. The molecule has 7 nitrogen and oxygen atoms in total. The van der Waals surface area contributed by atoms with E-state index in [-0.39, 0.29) is 24.0 Å². The topological polar surface area (TPSA) is 70.4 Å². The number of aryl methyl sites for hydroxylation is 2. The second-order valence-corrected chi connectivity index (χ2v) is 6.54. The molecule has 2 aromatic rings. The zero-order valence-electron chi connectivity index (χ0n) is 17.8. The molecule has 0 spiro atoms. The van der Waals surface area contributed by atoms with Gasteiger partial charge in [-0.3, -0.25) is 4.99 Å². The van der Waals surface area contributed by atoms with Crippen LogP contribution in [0.3, 0.4) is 0 Å². The van der Waals surface area contributed by atoms with Gasteiger partial charge >= 0.3 is 0 Å². The fraction of sp³-hybridized carbons (Fsp3) is 0.476. The summed E-state index contributed by atoms with van der Waals surface area (Å²) in [7, 11) is 0. The predicted octanol–water partition coefficient (Wildman–Crippen LogP) is 3.01. The summed E-state index contributed by atoms with van der Waals surface area (Å²) in [6, 6.07) is 8.59. The highest BCUT2D eigenvalue weighted by molar-refractivity contribution is 14.0. The molecule has 0 unspecified atom stereocenters. The summed E-state index contributed by atoms with van der Waals surface area (Å²) in [5.74, 6) is 1.79. The number of rotatable bonds is 11. The van der Waals surface area contributed by atoms with E-state index < -0.39 is 0 Å². The maximum Gasteiger partial charge on any atom is 0.191 e. The molecule has 0 aliphatic heterocycles. The van der Waals surface area contributed by atoms with Gasteiger partial charge < -0.3 is 20.1 Å². The molecule has 0 saturated carbocycles. The average Bonchev–Trinajstić information content (AvgIpc) is 3.16. The highest BCUT2D eigenvalue weighted by Crippen LogP contribution is 2.15. The van der Waals surface area contributed by atoms with Crippen molar-refractivity contribution in [3.63, 3.8) is 0 Å². The van der Waals surface area contributed by atoms with Gasteiger partial charge in [0.2, 0.25) is 0 Å². The smallest absolute Gasteiger partial charge is 0.191 e.